The van der Waals surface area contributed by atoms with E-state index in [0.717, 1.165) is 0 Å². The molecule has 2 aromatic rings. The highest BCUT2D eigenvalue weighted by Gasteiger charge is 2.25. The van der Waals surface area contributed by atoms with Gasteiger partial charge in [0.05, 0.1) is 5.02 Å². The number of carbonyl (C=O) groups is 2. The van der Waals surface area contributed by atoms with Gasteiger partial charge in [-0.2, -0.15) is 0 Å². The number of anilines is 1. The quantitative estimate of drug-likeness (QED) is 0.725. The van der Waals surface area contributed by atoms with Crippen LogP contribution in [0.2, 0.25) is 10.0 Å². The SMILES string of the molecule is O=C(O)C1=C(C(=O)Nc2ccc(Oc3ccc(Cl)cc3Cl)cc2)CCC1. The Morgan fingerprint density at radius 2 is 1.69 bits per heavy atom. The number of carboxylic acid groups (broad SMARTS) is 1. The van der Waals surface area contributed by atoms with Crippen molar-refractivity contribution in [1.29, 1.82) is 0 Å². The van der Waals surface area contributed by atoms with Crippen LogP contribution in [0.5, 0.6) is 11.5 Å². The fourth-order valence-electron chi connectivity index (χ4n) is 2.73. The first-order chi connectivity index (χ1) is 12.4. The van der Waals surface area contributed by atoms with E-state index in [-0.39, 0.29) is 11.5 Å². The molecule has 0 aliphatic heterocycles. The van der Waals surface area contributed by atoms with Gasteiger partial charge in [0.1, 0.15) is 11.5 Å². The average molecular weight is 392 g/mol. The first kappa shape index (κ1) is 18.3. The van der Waals surface area contributed by atoms with Gasteiger partial charge in [-0.3, -0.25) is 4.79 Å². The van der Waals surface area contributed by atoms with Crippen LogP contribution in [0, 0.1) is 0 Å². The minimum Gasteiger partial charge on any atom is -0.478 e. The number of ether oxygens (including phenoxy) is 1. The Kier molecular flexibility index (Phi) is 5.49. The lowest BCUT2D eigenvalue weighted by atomic mass is 10.1. The van der Waals surface area contributed by atoms with Gasteiger partial charge in [0.15, 0.2) is 0 Å². The summed E-state index contributed by atoms with van der Waals surface area (Å²) in [6.07, 6.45) is 1.58. The molecule has 1 aliphatic rings. The predicted octanol–water partition coefficient (Wildman–Crippen LogP) is 5.29. The van der Waals surface area contributed by atoms with E-state index in [1.807, 2.05) is 0 Å². The summed E-state index contributed by atoms with van der Waals surface area (Å²) >= 11 is 11.9. The highest BCUT2D eigenvalue weighted by atomic mass is 35.5. The van der Waals surface area contributed by atoms with E-state index in [0.29, 0.717) is 52.1 Å². The van der Waals surface area contributed by atoms with Crippen LogP contribution in [0.3, 0.4) is 0 Å². The lowest BCUT2D eigenvalue weighted by Crippen LogP contribution is -2.16. The summed E-state index contributed by atoms with van der Waals surface area (Å²) in [6, 6.07) is 11.6. The van der Waals surface area contributed by atoms with Gasteiger partial charge < -0.3 is 15.2 Å². The van der Waals surface area contributed by atoms with Crippen LogP contribution in [-0.2, 0) is 9.59 Å². The Morgan fingerprint density at radius 3 is 2.35 bits per heavy atom. The summed E-state index contributed by atoms with van der Waals surface area (Å²) in [7, 11) is 0. The van der Waals surface area contributed by atoms with Crippen molar-refractivity contribution in [3.63, 3.8) is 0 Å². The van der Waals surface area contributed by atoms with E-state index in [9.17, 15) is 9.59 Å². The summed E-state index contributed by atoms with van der Waals surface area (Å²) in [5.74, 6) is -0.404. The normalized spacial score (nSPS) is 13.6. The zero-order valence-corrected chi connectivity index (χ0v) is 15.1. The van der Waals surface area contributed by atoms with Gasteiger partial charge >= 0.3 is 5.97 Å². The van der Waals surface area contributed by atoms with E-state index in [1.54, 1.807) is 42.5 Å². The van der Waals surface area contributed by atoms with Gasteiger partial charge in [-0.1, -0.05) is 23.2 Å². The molecule has 0 saturated carbocycles. The number of carbonyl (C=O) groups excluding carboxylic acids is 1. The minimum atomic E-state index is -1.03. The smallest absolute Gasteiger partial charge is 0.332 e. The molecule has 2 N–H and O–H groups in total. The second-order valence-electron chi connectivity index (χ2n) is 5.77. The number of benzene rings is 2. The van der Waals surface area contributed by atoms with Crippen LogP contribution in [0.15, 0.2) is 53.6 Å². The third-order valence-corrected chi connectivity index (χ3v) is 4.51. The molecule has 7 heteroatoms. The Morgan fingerprint density at radius 1 is 1.00 bits per heavy atom. The maximum absolute atomic E-state index is 12.3. The summed E-state index contributed by atoms with van der Waals surface area (Å²) in [4.78, 5) is 23.5. The first-order valence-electron chi connectivity index (χ1n) is 7.93. The summed E-state index contributed by atoms with van der Waals surface area (Å²) < 4.78 is 5.68. The van der Waals surface area contributed by atoms with Gasteiger partial charge in [-0.25, -0.2) is 4.79 Å². The highest BCUT2D eigenvalue weighted by molar-refractivity contribution is 6.35. The fraction of sp³-hybridized carbons (Fsp3) is 0.158. The van der Waals surface area contributed by atoms with Crippen molar-refractivity contribution < 1.29 is 19.4 Å². The number of hydrogen-bond acceptors (Lipinski definition) is 3. The lowest BCUT2D eigenvalue weighted by Gasteiger charge is -2.10. The molecular weight excluding hydrogens is 377 g/mol. The van der Waals surface area contributed by atoms with Crippen LogP contribution >= 0.6 is 23.2 Å². The van der Waals surface area contributed by atoms with Crippen molar-refractivity contribution in [2.75, 3.05) is 5.32 Å². The molecule has 0 aromatic heterocycles. The van der Waals surface area contributed by atoms with Crippen molar-refractivity contribution in [3.05, 3.63) is 63.7 Å². The monoisotopic (exact) mass is 391 g/mol. The molecule has 26 heavy (non-hydrogen) atoms. The molecule has 0 radical (unpaired) electrons. The first-order valence-corrected chi connectivity index (χ1v) is 8.69. The molecule has 0 unspecified atom stereocenters. The maximum atomic E-state index is 12.3. The molecule has 0 fully saturated rings. The maximum Gasteiger partial charge on any atom is 0.332 e. The summed E-state index contributed by atoms with van der Waals surface area (Å²) in [6.45, 7) is 0. The Hall–Kier alpha value is -2.50. The van der Waals surface area contributed by atoms with Gasteiger partial charge in [0.25, 0.3) is 5.91 Å². The van der Waals surface area contributed by atoms with Gasteiger partial charge in [0.2, 0.25) is 0 Å². The third-order valence-electron chi connectivity index (χ3n) is 3.98. The van der Waals surface area contributed by atoms with Crippen LogP contribution in [0.25, 0.3) is 0 Å². The van der Waals surface area contributed by atoms with E-state index in [2.05, 4.69) is 5.32 Å². The number of nitrogens with one attached hydrogen (secondary N) is 1. The second kappa shape index (κ2) is 7.81. The number of halogens is 2. The molecular formula is C19H15Cl2NO4. The van der Waals surface area contributed by atoms with Crippen LogP contribution in [-0.4, -0.2) is 17.0 Å². The topological polar surface area (TPSA) is 75.6 Å². The standard InChI is InChI=1S/C19H15Cl2NO4/c20-11-4-9-17(16(21)10-11)26-13-7-5-12(6-8-13)22-18(23)14-2-1-3-15(14)19(24)25/h4-10H,1-3H2,(H,22,23)(H,24,25). The Bertz CT molecular complexity index is 891. The lowest BCUT2D eigenvalue weighted by molar-refractivity contribution is -0.133. The van der Waals surface area contributed by atoms with Crippen molar-refractivity contribution in [2.45, 2.75) is 19.3 Å². The molecule has 0 heterocycles. The molecule has 1 aliphatic carbocycles. The Balaban J connectivity index is 1.69. The van der Waals surface area contributed by atoms with Crippen LogP contribution in [0.4, 0.5) is 5.69 Å². The van der Waals surface area contributed by atoms with Crippen molar-refractivity contribution in [1.82, 2.24) is 0 Å². The van der Waals surface area contributed by atoms with Gasteiger partial charge in [-0.05, 0) is 61.7 Å². The number of amides is 1. The molecule has 2 aromatic carbocycles. The number of rotatable bonds is 5. The second-order valence-corrected chi connectivity index (χ2v) is 6.61. The number of carboxylic acids is 1. The molecule has 3 rings (SSSR count). The Labute approximate surface area is 160 Å². The van der Waals surface area contributed by atoms with E-state index >= 15 is 0 Å². The van der Waals surface area contributed by atoms with Gasteiger partial charge in [-0.15, -0.1) is 0 Å². The fourth-order valence-corrected chi connectivity index (χ4v) is 3.18. The largest absolute Gasteiger partial charge is 0.478 e. The molecule has 134 valence electrons. The molecule has 0 saturated heterocycles. The molecule has 0 bridgehead atoms. The van der Waals surface area contributed by atoms with Crippen molar-refractivity contribution in [2.24, 2.45) is 0 Å². The minimum absolute atomic E-state index is 0.194. The third kappa shape index (κ3) is 4.18. The summed E-state index contributed by atoms with van der Waals surface area (Å²) in [5.41, 5.74) is 1.08. The molecule has 0 atom stereocenters. The molecule has 1 amide bonds. The van der Waals surface area contributed by atoms with Crippen LogP contribution in [0.1, 0.15) is 19.3 Å². The molecule has 5 nitrogen and oxygen atoms in total. The number of aliphatic carboxylic acids is 1. The summed E-state index contributed by atoms with van der Waals surface area (Å²) in [5, 5.41) is 12.8. The average Bonchev–Trinajstić information content (AvgIpc) is 3.09. The van der Waals surface area contributed by atoms with Gasteiger partial charge in [0, 0.05) is 21.9 Å². The van der Waals surface area contributed by atoms with E-state index < -0.39 is 5.97 Å². The van der Waals surface area contributed by atoms with E-state index in [4.69, 9.17) is 33.0 Å². The zero-order valence-electron chi connectivity index (χ0n) is 13.6. The predicted molar refractivity (Wildman–Crippen MR) is 100 cm³/mol. The van der Waals surface area contributed by atoms with Crippen molar-refractivity contribution >= 4 is 40.8 Å². The highest BCUT2D eigenvalue weighted by Crippen LogP contribution is 2.32. The van der Waals surface area contributed by atoms with Crippen LogP contribution < -0.4 is 10.1 Å². The molecule has 0 spiro atoms. The zero-order chi connectivity index (χ0) is 18.7. The number of hydrogen-bond donors (Lipinski definition) is 2. The van der Waals surface area contributed by atoms with Crippen molar-refractivity contribution in [3.8, 4) is 11.5 Å². The van der Waals surface area contributed by atoms with E-state index in [1.165, 1.54) is 0 Å².